The highest BCUT2D eigenvalue weighted by molar-refractivity contribution is 5.85. The third kappa shape index (κ3) is 4.41. The van der Waals surface area contributed by atoms with Gasteiger partial charge >= 0.3 is 0 Å². The Labute approximate surface area is 171 Å². The molecule has 2 amide bonds. The molecule has 5 nitrogen and oxygen atoms in total. The summed E-state index contributed by atoms with van der Waals surface area (Å²) in [4.78, 5) is 24.8. The van der Waals surface area contributed by atoms with Crippen LogP contribution in [0, 0.1) is 29.0 Å². The SMILES string of the molecule is COc1ccc([C@H](C)NC(=O)CNC(=O)CC23CC4CC(CC(C4)C2)C3)cc1F. The number of nitrogens with one attached hydrogen (secondary N) is 2. The van der Waals surface area contributed by atoms with Crippen LogP contribution in [-0.2, 0) is 9.59 Å². The highest BCUT2D eigenvalue weighted by Crippen LogP contribution is 2.61. The van der Waals surface area contributed by atoms with Crippen LogP contribution in [0.1, 0.15) is 63.5 Å². The van der Waals surface area contributed by atoms with Gasteiger partial charge in [0, 0.05) is 6.42 Å². The van der Waals surface area contributed by atoms with E-state index < -0.39 is 5.82 Å². The van der Waals surface area contributed by atoms with Crippen LogP contribution in [-0.4, -0.2) is 25.5 Å². The first-order valence-electron chi connectivity index (χ1n) is 10.8. The molecule has 1 atom stereocenters. The molecule has 158 valence electrons. The van der Waals surface area contributed by atoms with Gasteiger partial charge in [0.15, 0.2) is 11.6 Å². The van der Waals surface area contributed by atoms with Crippen molar-refractivity contribution in [3.8, 4) is 5.75 Å². The first-order valence-corrected chi connectivity index (χ1v) is 10.8. The number of methoxy groups -OCH3 is 1. The fraction of sp³-hybridized carbons (Fsp3) is 0.652. The van der Waals surface area contributed by atoms with E-state index in [1.54, 1.807) is 19.1 Å². The van der Waals surface area contributed by atoms with E-state index in [2.05, 4.69) is 10.6 Å². The minimum absolute atomic E-state index is 0.0229. The van der Waals surface area contributed by atoms with Crippen LogP contribution in [0.15, 0.2) is 18.2 Å². The summed E-state index contributed by atoms with van der Waals surface area (Å²) in [6.45, 7) is 1.74. The highest BCUT2D eigenvalue weighted by atomic mass is 19.1. The second-order valence-electron chi connectivity index (χ2n) is 9.55. The van der Waals surface area contributed by atoms with Crippen molar-refractivity contribution in [2.24, 2.45) is 23.2 Å². The number of carbonyl (C=O) groups excluding carboxylic acids is 2. The van der Waals surface area contributed by atoms with Gasteiger partial charge in [0.05, 0.1) is 19.7 Å². The van der Waals surface area contributed by atoms with E-state index in [9.17, 15) is 14.0 Å². The first-order chi connectivity index (χ1) is 13.9. The number of amides is 2. The Balaban J connectivity index is 1.25. The highest BCUT2D eigenvalue weighted by Gasteiger charge is 2.51. The van der Waals surface area contributed by atoms with Gasteiger partial charge in [-0.15, -0.1) is 0 Å². The molecule has 0 spiro atoms. The lowest BCUT2D eigenvalue weighted by atomic mass is 9.49. The molecule has 6 heteroatoms. The Morgan fingerprint density at radius 2 is 1.76 bits per heavy atom. The standard InChI is InChI=1S/C23H31FN2O3/c1-14(18-3-4-20(29-2)19(24)8-18)26-22(28)13-25-21(27)12-23-9-15-5-16(10-23)7-17(6-15)11-23/h3-4,8,14-17H,5-7,9-13H2,1-2H3,(H,25,27)(H,26,28)/t14-,15?,16?,17?,23?/m0/s1. The molecular weight excluding hydrogens is 371 g/mol. The zero-order chi connectivity index (χ0) is 20.6. The lowest BCUT2D eigenvalue weighted by molar-refractivity contribution is -0.132. The topological polar surface area (TPSA) is 67.4 Å². The summed E-state index contributed by atoms with van der Waals surface area (Å²) in [6, 6.07) is 4.26. The number of hydrogen-bond donors (Lipinski definition) is 2. The zero-order valence-electron chi connectivity index (χ0n) is 17.3. The van der Waals surface area contributed by atoms with E-state index in [0.717, 1.165) is 17.8 Å². The molecule has 4 fully saturated rings. The fourth-order valence-electron chi connectivity index (χ4n) is 6.42. The first kappa shape index (κ1) is 20.2. The van der Waals surface area contributed by atoms with Crippen LogP contribution in [0.4, 0.5) is 4.39 Å². The molecule has 4 saturated carbocycles. The van der Waals surface area contributed by atoms with Gasteiger partial charge in [-0.3, -0.25) is 9.59 Å². The minimum Gasteiger partial charge on any atom is -0.494 e. The molecule has 1 aromatic carbocycles. The third-order valence-electron chi connectivity index (χ3n) is 7.20. The quantitative estimate of drug-likeness (QED) is 0.730. The number of rotatable bonds is 7. The van der Waals surface area contributed by atoms with Crippen molar-refractivity contribution >= 4 is 11.8 Å². The number of benzene rings is 1. The summed E-state index contributed by atoms with van der Waals surface area (Å²) in [5, 5.41) is 5.61. The molecule has 4 aliphatic carbocycles. The molecular formula is C23H31FN2O3. The molecule has 0 aromatic heterocycles. The predicted octanol–water partition coefficient (Wildman–Crippen LogP) is 3.73. The van der Waals surface area contributed by atoms with Gasteiger partial charge in [0.1, 0.15) is 0 Å². The fourth-order valence-corrected chi connectivity index (χ4v) is 6.42. The summed E-state index contributed by atoms with van der Waals surface area (Å²) in [5.74, 6) is 1.84. The molecule has 0 aliphatic heterocycles. The van der Waals surface area contributed by atoms with Gasteiger partial charge in [0.25, 0.3) is 0 Å². The molecule has 5 rings (SSSR count). The lowest BCUT2D eigenvalue weighted by Gasteiger charge is -2.56. The summed E-state index contributed by atoms with van der Waals surface area (Å²) < 4.78 is 18.8. The van der Waals surface area contributed by atoms with Gasteiger partial charge < -0.3 is 15.4 Å². The number of ether oxygens (including phenoxy) is 1. The van der Waals surface area contributed by atoms with Crippen LogP contribution in [0.3, 0.4) is 0 Å². The molecule has 2 N–H and O–H groups in total. The van der Waals surface area contributed by atoms with E-state index >= 15 is 0 Å². The molecule has 0 saturated heterocycles. The Kier molecular flexibility index (Phi) is 5.54. The average molecular weight is 403 g/mol. The number of hydrogen-bond acceptors (Lipinski definition) is 3. The molecule has 0 radical (unpaired) electrons. The maximum Gasteiger partial charge on any atom is 0.239 e. The van der Waals surface area contributed by atoms with Gasteiger partial charge in [-0.1, -0.05) is 6.07 Å². The molecule has 1 aromatic rings. The van der Waals surface area contributed by atoms with Gasteiger partial charge in [-0.05, 0) is 86.3 Å². The van der Waals surface area contributed by atoms with Crippen molar-refractivity contribution in [1.29, 1.82) is 0 Å². The van der Waals surface area contributed by atoms with E-state index in [-0.39, 0.29) is 35.6 Å². The van der Waals surface area contributed by atoms with Crippen molar-refractivity contribution < 1.29 is 18.7 Å². The summed E-state index contributed by atoms with van der Waals surface area (Å²) in [5.41, 5.74) is 0.819. The van der Waals surface area contributed by atoms with E-state index in [0.29, 0.717) is 12.0 Å². The number of halogens is 1. The molecule has 29 heavy (non-hydrogen) atoms. The number of carbonyl (C=O) groups is 2. The lowest BCUT2D eigenvalue weighted by Crippen LogP contribution is -2.48. The Bertz CT molecular complexity index is 759. The van der Waals surface area contributed by atoms with Crippen LogP contribution >= 0.6 is 0 Å². The largest absolute Gasteiger partial charge is 0.494 e. The Morgan fingerprint density at radius 3 is 2.31 bits per heavy atom. The molecule has 0 unspecified atom stereocenters. The predicted molar refractivity (Wildman–Crippen MR) is 108 cm³/mol. The van der Waals surface area contributed by atoms with Crippen LogP contribution < -0.4 is 15.4 Å². The van der Waals surface area contributed by atoms with Crippen molar-refractivity contribution in [1.82, 2.24) is 10.6 Å². The second-order valence-corrected chi connectivity index (χ2v) is 9.55. The van der Waals surface area contributed by atoms with E-state index in [1.165, 1.54) is 51.7 Å². The van der Waals surface area contributed by atoms with Crippen LogP contribution in [0.25, 0.3) is 0 Å². The molecule has 4 aliphatic rings. The Hall–Kier alpha value is -2.11. The zero-order valence-corrected chi connectivity index (χ0v) is 17.3. The average Bonchev–Trinajstić information content (AvgIpc) is 2.64. The normalized spacial score (nSPS) is 30.7. The minimum atomic E-state index is -0.463. The van der Waals surface area contributed by atoms with Crippen molar-refractivity contribution in [3.63, 3.8) is 0 Å². The van der Waals surface area contributed by atoms with Gasteiger partial charge in [0.2, 0.25) is 11.8 Å². The Morgan fingerprint density at radius 1 is 1.14 bits per heavy atom. The molecule has 0 heterocycles. The van der Waals surface area contributed by atoms with E-state index in [4.69, 9.17) is 4.74 Å². The maximum atomic E-state index is 13.9. The van der Waals surface area contributed by atoms with Crippen LogP contribution in [0.2, 0.25) is 0 Å². The van der Waals surface area contributed by atoms with Crippen molar-refractivity contribution in [2.75, 3.05) is 13.7 Å². The van der Waals surface area contributed by atoms with Crippen LogP contribution in [0.5, 0.6) is 5.75 Å². The molecule has 4 bridgehead atoms. The maximum absolute atomic E-state index is 13.9. The van der Waals surface area contributed by atoms with Crippen molar-refractivity contribution in [2.45, 2.75) is 57.9 Å². The summed E-state index contributed by atoms with van der Waals surface area (Å²) in [7, 11) is 1.41. The second kappa shape index (κ2) is 7.96. The van der Waals surface area contributed by atoms with Crippen molar-refractivity contribution in [3.05, 3.63) is 29.6 Å². The summed E-state index contributed by atoms with van der Waals surface area (Å²) >= 11 is 0. The smallest absolute Gasteiger partial charge is 0.239 e. The monoisotopic (exact) mass is 402 g/mol. The van der Waals surface area contributed by atoms with Gasteiger partial charge in [-0.2, -0.15) is 0 Å². The third-order valence-corrected chi connectivity index (χ3v) is 7.20. The van der Waals surface area contributed by atoms with Gasteiger partial charge in [-0.25, -0.2) is 4.39 Å². The summed E-state index contributed by atoms with van der Waals surface area (Å²) in [6.07, 6.45) is 8.15. The van der Waals surface area contributed by atoms with E-state index in [1.807, 2.05) is 0 Å².